The van der Waals surface area contributed by atoms with E-state index in [4.69, 9.17) is 0 Å². The highest BCUT2D eigenvalue weighted by atomic mass is 19.2. The van der Waals surface area contributed by atoms with Crippen molar-refractivity contribution in [3.05, 3.63) is 104 Å². The third-order valence-electron chi connectivity index (χ3n) is 5.98. The summed E-state index contributed by atoms with van der Waals surface area (Å²) in [6, 6.07) is 0. The SMILES string of the molecule is CC1(OB(O)O)N=C(c2c(F)c(F)c(F)c(F)c2F)C(c2c(F)c(F)c(F)c(F)c2F)=C1c1c(F)c(F)c(F)c(F)c1F. The van der Waals surface area contributed by atoms with Crippen molar-refractivity contribution in [2.24, 2.45) is 4.99 Å². The van der Waals surface area contributed by atoms with Gasteiger partial charge in [-0.2, -0.15) is 0 Å². The van der Waals surface area contributed by atoms with Gasteiger partial charge in [-0.25, -0.2) is 70.8 Å². The Kier molecular flexibility index (Phi) is 7.86. The lowest BCUT2D eigenvalue weighted by molar-refractivity contribution is 0.0890. The normalized spacial score (nSPS) is 16.8. The van der Waals surface area contributed by atoms with Crippen molar-refractivity contribution < 1.29 is 80.6 Å². The van der Waals surface area contributed by atoms with Crippen LogP contribution in [0.3, 0.4) is 0 Å². The molecule has 0 amide bonds. The molecule has 228 valence electrons. The second kappa shape index (κ2) is 10.6. The molecule has 20 heteroatoms. The van der Waals surface area contributed by atoms with E-state index < -0.39 is 134 Å². The topological polar surface area (TPSA) is 62.0 Å². The fourth-order valence-electron chi connectivity index (χ4n) is 4.21. The minimum absolute atomic E-state index is 0.199. The molecule has 1 aliphatic heterocycles. The van der Waals surface area contributed by atoms with E-state index in [-0.39, 0.29) is 6.92 Å². The first kappa shape index (κ1) is 31.9. The van der Waals surface area contributed by atoms with E-state index in [0.29, 0.717) is 0 Å². The van der Waals surface area contributed by atoms with Crippen molar-refractivity contribution in [3.8, 4) is 0 Å². The van der Waals surface area contributed by atoms with E-state index in [1.54, 1.807) is 0 Å². The van der Waals surface area contributed by atoms with Gasteiger partial charge in [0.15, 0.2) is 75.5 Å². The van der Waals surface area contributed by atoms with Crippen molar-refractivity contribution in [1.82, 2.24) is 0 Å². The van der Waals surface area contributed by atoms with Gasteiger partial charge in [-0.15, -0.1) is 0 Å². The van der Waals surface area contributed by atoms with Gasteiger partial charge in [-0.3, -0.25) is 0 Å². The lowest BCUT2D eigenvalue weighted by atomic mass is 9.85. The molecule has 0 bridgehead atoms. The monoisotopic (exact) mass is 639 g/mol. The molecule has 3 aromatic rings. The molecule has 0 aliphatic carbocycles. The number of benzene rings is 3. The Balaban J connectivity index is 2.40. The van der Waals surface area contributed by atoms with Gasteiger partial charge >= 0.3 is 7.32 Å². The van der Waals surface area contributed by atoms with E-state index in [1.807, 2.05) is 0 Å². The molecule has 0 fully saturated rings. The van der Waals surface area contributed by atoms with Crippen molar-refractivity contribution in [2.75, 3.05) is 0 Å². The summed E-state index contributed by atoms with van der Waals surface area (Å²) in [6.45, 7) is 0.199. The van der Waals surface area contributed by atoms with Gasteiger partial charge in [0.1, 0.15) is 0 Å². The van der Waals surface area contributed by atoms with E-state index in [0.717, 1.165) is 0 Å². The highest BCUT2D eigenvalue weighted by Crippen LogP contribution is 2.50. The standard InChI is InChI=1S/C23H5BF15NO3/c1-23(43-24(41)42)6(4-9(27)15(33)20(38)16(34)10(4)28)2(3-7(25)13(31)19(37)14(32)8(3)26)22(40-23)5-11(29)17(35)21(39)18(36)12(5)30/h41-42H,1H3. The zero-order valence-electron chi connectivity index (χ0n) is 20.0. The Hall–Kier alpha value is -4.04. The van der Waals surface area contributed by atoms with Crippen LogP contribution in [0.2, 0.25) is 0 Å². The Bertz CT molecular complexity index is 1720. The Morgan fingerprint density at radius 1 is 0.465 bits per heavy atom. The molecule has 0 saturated heterocycles. The van der Waals surface area contributed by atoms with Gasteiger partial charge < -0.3 is 14.7 Å². The number of rotatable bonds is 5. The second-order valence-electron chi connectivity index (χ2n) is 8.47. The molecule has 2 N–H and O–H groups in total. The summed E-state index contributed by atoms with van der Waals surface area (Å²) in [5.41, 5.74) is -17.5. The summed E-state index contributed by atoms with van der Waals surface area (Å²) in [4.78, 5) is 3.13. The van der Waals surface area contributed by atoms with Crippen LogP contribution in [0.4, 0.5) is 65.9 Å². The van der Waals surface area contributed by atoms with Crippen LogP contribution >= 0.6 is 0 Å². The molecule has 4 rings (SSSR count). The Morgan fingerprint density at radius 2 is 0.744 bits per heavy atom. The largest absolute Gasteiger partial charge is 0.635 e. The number of hydrogen-bond donors (Lipinski definition) is 2. The van der Waals surface area contributed by atoms with Crippen molar-refractivity contribution >= 4 is 24.2 Å². The highest BCUT2D eigenvalue weighted by molar-refractivity contribution is 6.41. The minimum atomic E-state index is -3.63. The molecule has 0 radical (unpaired) electrons. The predicted molar refractivity (Wildman–Crippen MR) is 112 cm³/mol. The summed E-state index contributed by atoms with van der Waals surface area (Å²) in [6.07, 6.45) is 0. The molecule has 43 heavy (non-hydrogen) atoms. The Morgan fingerprint density at radius 3 is 1.07 bits per heavy atom. The molecule has 1 unspecified atom stereocenters. The molecule has 1 aliphatic rings. The fraction of sp³-hybridized carbons (Fsp3) is 0.0870. The lowest BCUT2D eigenvalue weighted by Crippen LogP contribution is -2.35. The van der Waals surface area contributed by atoms with Crippen molar-refractivity contribution in [1.29, 1.82) is 0 Å². The van der Waals surface area contributed by atoms with Crippen LogP contribution in [-0.2, 0) is 4.65 Å². The maximum absolute atomic E-state index is 15.1. The number of allylic oxidation sites excluding steroid dienone is 1. The molecule has 0 saturated carbocycles. The number of nitrogens with zero attached hydrogens (tertiary/aromatic N) is 1. The average Bonchev–Trinajstić information content (AvgIpc) is 3.21. The van der Waals surface area contributed by atoms with Crippen LogP contribution in [0.25, 0.3) is 11.1 Å². The number of hydrogen-bond acceptors (Lipinski definition) is 4. The fourth-order valence-corrected chi connectivity index (χ4v) is 4.21. The van der Waals surface area contributed by atoms with Gasteiger partial charge in [0.25, 0.3) is 0 Å². The molecule has 0 spiro atoms. The molecule has 3 aromatic carbocycles. The molecule has 1 heterocycles. The van der Waals surface area contributed by atoms with E-state index in [1.165, 1.54) is 0 Å². The third-order valence-corrected chi connectivity index (χ3v) is 5.98. The molecule has 4 nitrogen and oxygen atoms in total. The van der Waals surface area contributed by atoms with Crippen LogP contribution in [0.5, 0.6) is 0 Å². The number of aliphatic imine (C=N–C) groups is 1. The van der Waals surface area contributed by atoms with Gasteiger partial charge in [0.05, 0.1) is 22.4 Å². The molecular weight excluding hydrogens is 634 g/mol. The van der Waals surface area contributed by atoms with Crippen LogP contribution in [-0.4, -0.2) is 28.8 Å². The third kappa shape index (κ3) is 4.54. The van der Waals surface area contributed by atoms with E-state index in [2.05, 4.69) is 9.65 Å². The van der Waals surface area contributed by atoms with Crippen LogP contribution in [0.15, 0.2) is 4.99 Å². The predicted octanol–water partition coefficient (Wildman–Crippen LogP) is 5.89. The second-order valence-corrected chi connectivity index (χ2v) is 8.47. The maximum atomic E-state index is 15.1. The van der Waals surface area contributed by atoms with Crippen LogP contribution in [0, 0.1) is 87.3 Å². The number of halogens is 15. The minimum Gasteiger partial charge on any atom is -0.402 e. The smallest absolute Gasteiger partial charge is 0.402 e. The summed E-state index contributed by atoms with van der Waals surface area (Å²) < 4.78 is 221. The van der Waals surface area contributed by atoms with E-state index >= 15 is 17.6 Å². The molecule has 1 atom stereocenters. The quantitative estimate of drug-likeness (QED) is 0.159. The molecular formula is C23H5BF15NO3. The zero-order chi connectivity index (χ0) is 32.6. The van der Waals surface area contributed by atoms with Gasteiger partial charge in [-0.1, -0.05) is 0 Å². The van der Waals surface area contributed by atoms with Gasteiger partial charge in [0, 0.05) is 11.1 Å². The first-order valence-corrected chi connectivity index (χ1v) is 10.7. The van der Waals surface area contributed by atoms with Crippen molar-refractivity contribution in [2.45, 2.75) is 12.6 Å². The van der Waals surface area contributed by atoms with Crippen LogP contribution < -0.4 is 0 Å². The first-order chi connectivity index (χ1) is 19.8. The summed E-state index contributed by atoms with van der Waals surface area (Å²) >= 11 is 0. The maximum Gasteiger partial charge on any atom is 0.635 e. The van der Waals surface area contributed by atoms with Crippen LogP contribution in [0.1, 0.15) is 23.6 Å². The Labute approximate surface area is 227 Å². The van der Waals surface area contributed by atoms with Crippen molar-refractivity contribution in [3.63, 3.8) is 0 Å². The van der Waals surface area contributed by atoms with Gasteiger partial charge in [-0.05, 0) is 6.92 Å². The highest BCUT2D eigenvalue weighted by Gasteiger charge is 2.50. The first-order valence-electron chi connectivity index (χ1n) is 10.7. The van der Waals surface area contributed by atoms with Gasteiger partial charge in [0.2, 0.25) is 17.5 Å². The lowest BCUT2D eigenvalue weighted by Gasteiger charge is -2.27. The molecule has 0 aromatic heterocycles. The summed E-state index contributed by atoms with van der Waals surface area (Å²) in [5.74, 6) is -43.8. The average molecular weight is 639 g/mol. The zero-order valence-corrected chi connectivity index (χ0v) is 20.0. The summed E-state index contributed by atoms with van der Waals surface area (Å²) in [5, 5.41) is 18.7. The van der Waals surface area contributed by atoms with E-state index in [9.17, 15) is 58.3 Å². The summed E-state index contributed by atoms with van der Waals surface area (Å²) in [7, 11) is -3.29.